The Hall–Kier alpha value is -1.44. The zero-order valence-corrected chi connectivity index (χ0v) is 20.3. The van der Waals surface area contributed by atoms with E-state index in [1.54, 1.807) is 11.3 Å². The summed E-state index contributed by atoms with van der Waals surface area (Å²) in [5, 5.41) is 1.66. The van der Waals surface area contributed by atoms with Gasteiger partial charge in [0.15, 0.2) is 22.7 Å². The molecule has 2 N–H and O–H groups in total. The highest BCUT2D eigenvalue weighted by Gasteiger charge is 2.43. The van der Waals surface area contributed by atoms with E-state index in [2.05, 4.69) is 30.0 Å². The molecule has 2 aliphatic heterocycles. The van der Waals surface area contributed by atoms with Crippen molar-refractivity contribution in [3.05, 3.63) is 47.5 Å². The highest BCUT2D eigenvalue weighted by atomic mass is 35.5. The first-order valence-corrected chi connectivity index (χ1v) is 11.2. The average molecular weight is 503 g/mol. The second-order valence-corrected chi connectivity index (χ2v) is 9.49. The van der Waals surface area contributed by atoms with Crippen molar-refractivity contribution in [2.45, 2.75) is 31.4 Å². The van der Waals surface area contributed by atoms with E-state index in [4.69, 9.17) is 31.8 Å². The van der Waals surface area contributed by atoms with Crippen LogP contribution in [0.1, 0.15) is 19.8 Å². The number of ether oxygens (including phenoxy) is 2. The normalized spacial score (nSPS) is 20.5. The van der Waals surface area contributed by atoms with Crippen molar-refractivity contribution in [2.75, 3.05) is 24.6 Å². The van der Waals surface area contributed by atoms with Gasteiger partial charge in [0, 0.05) is 13.1 Å². The molecule has 5 rings (SSSR count). The van der Waals surface area contributed by atoms with Crippen LogP contribution in [-0.4, -0.2) is 36.3 Å². The Morgan fingerprint density at radius 1 is 1.13 bits per heavy atom. The first-order valence-electron chi connectivity index (χ1n) is 10.00. The summed E-state index contributed by atoms with van der Waals surface area (Å²) < 4.78 is 13.4. The second-order valence-electron chi connectivity index (χ2n) is 8.08. The molecule has 2 unspecified atom stereocenters. The minimum absolute atomic E-state index is 0. The Labute approximate surface area is 203 Å². The van der Waals surface area contributed by atoms with E-state index < -0.39 is 5.54 Å². The van der Waals surface area contributed by atoms with Crippen LogP contribution < -0.4 is 20.1 Å². The minimum atomic E-state index is -0.503. The van der Waals surface area contributed by atoms with Crippen LogP contribution >= 0.6 is 47.8 Å². The molecule has 5 nitrogen and oxygen atoms in total. The fourth-order valence-corrected chi connectivity index (χ4v) is 5.54. The lowest BCUT2D eigenvalue weighted by Crippen LogP contribution is -2.61. The fourth-order valence-electron chi connectivity index (χ4n) is 4.32. The van der Waals surface area contributed by atoms with Gasteiger partial charge in [0.25, 0.3) is 0 Å². The summed E-state index contributed by atoms with van der Waals surface area (Å²) in [6.07, 6.45) is 1.77. The van der Waals surface area contributed by atoms with Crippen molar-refractivity contribution in [1.29, 1.82) is 0 Å². The van der Waals surface area contributed by atoms with Crippen molar-refractivity contribution in [2.24, 2.45) is 11.7 Å². The van der Waals surface area contributed by atoms with Crippen LogP contribution in [-0.2, 0) is 0 Å². The molecule has 0 aliphatic carbocycles. The smallest absolute Gasteiger partial charge is 0.186 e. The van der Waals surface area contributed by atoms with E-state index in [0.29, 0.717) is 29.0 Å². The first-order chi connectivity index (χ1) is 14.0. The second kappa shape index (κ2) is 9.59. The van der Waals surface area contributed by atoms with E-state index >= 15 is 0 Å². The van der Waals surface area contributed by atoms with E-state index in [1.165, 1.54) is 4.70 Å². The van der Waals surface area contributed by atoms with Crippen molar-refractivity contribution < 1.29 is 9.47 Å². The number of rotatable bonds is 3. The number of benzene rings is 2. The number of anilines is 1. The van der Waals surface area contributed by atoms with Crippen LogP contribution in [0.15, 0.2) is 42.5 Å². The Kier molecular flexibility index (Phi) is 7.49. The Bertz CT molecular complexity index is 1000. The Balaban J connectivity index is 0.00000136. The molecule has 0 spiro atoms. The maximum absolute atomic E-state index is 6.84. The van der Waals surface area contributed by atoms with Gasteiger partial charge < -0.3 is 20.1 Å². The van der Waals surface area contributed by atoms with Crippen LogP contribution in [0, 0.1) is 5.92 Å². The standard InChI is InChI=1S/C22H24ClN3O2S.2ClH/c1-22(24,19-13-27-17-7-4-5-15(23)20(17)28-19)14-9-11-26(12-10-14)21-25-16-6-2-3-8-18(16)29-21;;/h2-8,14,19H,9-13,24H2,1H3;2*1H. The summed E-state index contributed by atoms with van der Waals surface area (Å²) in [6.45, 7) is 4.42. The molecule has 2 aromatic carbocycles. The average Bonchev–Trinajstić information content (AvgIpc) is 3.18. The lowest BCUT2D eigenvalue weighted by molar-refractivity contribution is 0.00946. The van der Waals surface area contributed by atoms with Gasteiger partial charge in [0.2, 0.25) is 0 Å². The third-order valence-corrected chi connectivity index (χ3v) is 7.60. The molecule has 9 heteroatoms. The number of para-hydroxylation sites is 2. The van der Waals surface area contributed by atoms with Crippen molar-refractivity contribution in [3.63, 3.8) is 0 Å². The molecule has 3 aromatic rings. The largest absolute Gasteiger partial charge is 0.486 e. The van der Waals surface area contributed by atoms with E-state index in [1.807, 2.05) is 24.3 Å². The number of fused-ring (bicyclic) bond motifs is 2. The van der Waals surface area contributed by atoms with E-state index in [-0.39, 0.29) is 30.9 Å². The monoisotopic (exact) mass is 501 g/mol. The van der Waals surface area contributed by atoms with Crippen molar-refractivity contribution in [3.8, 4) is 11.5 Å². The third kappa shape index (κ3) is 4.55. The lowest BCUT2D eigenvalue weighted by Gasteiger charge is -2.45. The number of piperidine rings is 1. The molecule has 2 atom stereocenters. The number of hydrogen-bond donors (Lipinski definition) is 1. The SMILES string of the molecule is CC(N)(C1CCN(c2nc3ccccc3s2)CC1)C1COc2cccc(Cl)c2O1.Cl.Cl. The van der Waals surface area contributed by atoms with Crippen LogP contribution in [0.2, 0.25) is 5.02 Å². The third-order valence-electron chi connectivity index (χ3n) is 6.20. The summed E-state index contributed by atoms with van der Waals surface area (Å²) >= 11 is 8.06. The number of nitrogens with zero attached hydrogens (tertiary/aromatic N) is 2. The first kappa shape index (κ1) is 24.2. The zero-order valence-electron chi connectivity index (χ0n) is 17.1. The molecule has 0 bridgehead atoms. The number of hydrogen-bond acceptors (Lipinski definition) is 6. The number of nitrogens with two attached hydrogens (primary N) is 1. The summed E-state index contributed by atoms with van der Waals surface area (Å²) in [4.78, 5) is 7.18. The zero-order chi connectivity index (χ0) is 20.0. The molecule has 2 aliphatic rings. The Morgan fingerprint density at radius 2 is 1.87 bits per heavy atom. The summed E-state index contributed by atoms with van der Waals surface area (Å²) in [7, 11) is 0. The minimum Gasteiger partial charge on any atom is -0.486 e. The van der Waals surface area contributed by atoms with Gasteiger partial charge in [-0.05, 0) is 49.9 Å². The molecule has 168 valence electrons. The molecule has 1 aromatic heterocycles. The van der Waals surface area contributed by atoms with Crippen molar-refractivity contribution in [1.82, 2.24) is 4.98 Å². The molecular weight excluding hydrogens is 477 g/mol. The van der Waals surface area contributed by atoms with E-state index in [0.717, 1.165) is 36.6 Å². The van der Waals surface area contributed by atoms with E-state index in [9.17, 15) is 0 Å². The molecular formula is C22H26Cl3N3O2S. The maximum atomic E-state index is 6.84. The molecule has 0 saturated carbocycles. The van der Waals surface area contributed by atoms with Crippen molar-refractivity contribution >= 4 is 63.1 Å². The van der Waals surface area contributed by atoms with Gasteiger partial charge in [0.1, 0.15) is 6.61 Å². The molecule has 0 amide bonds. The molecule has 1 fully saturated rings. The number of aromatic nitrogens is 1. The topological polar surface area (TPSA) is 60.6 Å². The lowest BCUT2D eigenvalue weighted by atomic mass is 9.76. The molecule has 31 heavy (non-hydrogen) atoms. The van der Waals surface area contributed by atoms with Gasteiger partial charge >= 0.3 is 0 Å². The van der Waals surface area contributed by atoms with Gasteiger partial charge in [-0.15, -0.1) is 24.8 Å². The van der Waals surface area contributed by atoms with Gasteiger partial charge in [0.05, 0.1) is 20.8 Å². The van der Waals surface area contributed by atoms with Crippen LogP contribution in [0.4, 0.5) is 5.13 Å². The summed E-state index contributed by atoms with van der Waals surface area (Å²) in [6, 6.07) is 13.9. The number of thiazole rings is 1. The van der Waals surface area contributed by atoms with Crippen LogP contribution in [0.25, 0.3) is 10.2 Å². The quantitative estimate of drug-likeness (QED) is 0.507. The molecule has 3 heterocycles. The highest BCUT2D eigenvalue weighted by molar-refractivity contribution is 7.22. The summed E-state index contributed by atoms with van der Waals surface area (Å²) in [5.41, 5.74) is 7.41. The van der Waals surface area contributed by atoms with Gasteiger partial charge in [-0.3, -0.25) is 0 Å². The number of halogens is 3. The maximum Gasteiger partial charge on any atom is 0.186 e. The summed E-state index contributed by atoms with van der Waals surface area (Å²) in [5.74, 6) is 1.63. The van der Waals surface area contributed by atoms with Gasteiger partial charge in [-0.2, -0.15) is 0 Å². The van der Waals surface area contributed by atoms with Gasteiger partial charge in [-0.25, -0.2) is 4.98 Å². The molecule has 1 saturated heterocycles. The predicted octanol–water partition coefficient (Wildman–Crippen LogP) is 5.57. The van der Waals surface area contributed by atoms with Crippen LogP contribution in [0.3, 0.4) is 0 Å². The van der Waals surface area contributed by atoms with Gasteiger partial charge in [-0.1, -0.05) is 41.1 Å². The Morgan fingerprint density at radius 3 is 2.61 bits per heavy atom. The van der Waals surface area contributed by atoms with Crippen LogP contribution in [0.5, 0.6) is 11.5 Å². The predicted molar refractivity (Wildman–Crippen MR) is 133 cm³/mol. The molecule has 0 radical (unpaired) electrons. The fraction of sp³-hybridized carbons (Fsp3) is 0.409. The highest BCUT2D eigenvalue weighted by Crippen LogP contribution is 2.42.